The predicted molar refractivity (Wildman–Crippen MR) is 76.4 cm³/mol. The van der Waals surface area contributed by atoms with E-state index in [4.69, 9.17) is 11.6 Å². The highest BCUT2D eigenvalue weighted by atomic mass is 35.5. The Morgan fingerprint density at radius 2 is 1.71 bits per heavy atom. The molecule has 0 aliphatic carbocycles. The van der Waals surface area contributed by atoms with Crippen molar-refractivity contribution >= 4 is 11.6 Å². The summed E-state index contributed by atoms with van der Waals surface area (Å²) < 4.78 is 0. The highest BCUT2D eigenvalue weighted by molar-refractivity contribution is 6.30. The van der Waals surface area contributed by atoms with Crippen LogP contribution in [0.2, 0.25) is 5.02 Å². The smallest absolute Gasteiger partial charge is 0.0406 e. The van der Waals surface area contributed by atoms with Crippen molar-refractivity contribution in [1.29, 1.82) is 0 Å². The lowest BCUT2D eigenvalue weighted by molar-refractivity contribution is 0.457. The van der Waals surface area contributed by atoms with Crippen molar-refractivity contribution in [3.05, 3.63) is 34.9 Å². The van der Waals surface area contributed by atoms with Gasteiger partial charge in [0.1, 0.15) is 0 Å². The van der Waals surface area contributed by atoms with Crippen LogP contribution < -0.4 is 5.32 Å². The minimum absolute atomic E-state index is 0.587. The zero-order valence-electron chi connectivity index (χ0n) is 11.2. The number of nitrogens with one attached hydrogen (secondary N) is 1. The molecule has 1 atom stereocenters. The lowest BCUT2D eigenvalue weighted by Gasteiger charge is -2.14. The summed E-state index contributed by atoms with van der Waals surface area (Å²) in [7, 11) is 0. The molecule has 0 fully saturated rings. The molecule has 0 aliphatic rings. The Morgan fingerprint density at radius 1 is 1.06 bits per heavy atom. The van der Waals surface area contributed by atoms with Crippen molar-refractivity contribution in [3.63, 3.8) is 0 Å². The Hall–Kier alpha value is -0.530. The van der Waals surface area contributed by atoms with E-state index >= 15 is 0 Å². The molecule has 1 rings (SSSR count). The molecule has 0 aromatic heterocycles. The Labute approximate surface area is 111 Å². The molecule has 1 unspecified atom stereocenters. The Morgan fingerprint density at radius 3 is 2.29 bits per heavy atom. The summed E-state index contributed by atoms with van der Waals surface area (Å²) in [6.45, 7) is 7.76. The second kappa shape index (κ2) is 7.73. The first-order chi connectivity index (χ1) is 8.08. The summed E-state index contributed by atoms with van der Waals surface area (Å²) in [5.74, 6) is 0.818. The largest absolute Gasteiger partial charge is 0.310 e. The molecule has 0 saturated heterocycles. The lowest BCUT2D eigenvalue weighted by Crippen LogP contribution is -2.25. The number of rotatable bonds is 7. The monoisotopic (exact) mass is 253 g/mol. The molecule has 1 aromatic carbocycles. The third-order valence-electron chi connectivity index (χ3n) is 2.99. The van der Waals surface area contributed by atoms with Gasteiger partial charge in [0.05, 0.1) is 0 Å². The van der Waals surface area contributed by atoms with Gasteiger partial charge in [0.15, 0.2) is 0 Å². The van der Waals surface area contributed by atoms with E-state index < -0.39 is 0 Å². The second-order valence-corrected chi connectivity index (χ2v) is 5.67. The maximum atomic E-state index is 5.85. The van der Waals surface area contributed by atoms with Crippen molar-refractivity contribution in [2.45, 2.75) is 52.6 Å². The molecule has 1 nitrogen and oxygen atoms in total. The van der Waals surface area contributed by atoms with Gasteiger partial charge >= 0.3 is 0 Å². The van der Waals surface area contributed by atoms with Crippen LogP contribution in [-0.4, -0.2) is 6.04 Å². The van der Waals surface area contributed by atoms with Gasteiger partial charge in [-0.2, -0.15) is 0 Å². The quantitative estimate of drug-likeness (QED) is 0.746. The maximum absolute atomic E-state index is 5.85. The van der Waals surface area contributed by atoms with E-state index in [2.05, 4.69) is 38.2 Å². The zero-order valence-corrected chi connectivity index (χ0v) is 11.9. The van der Waals surface area contributed by atoms with Crippen molar-refractivity contribution in [2.24, 2.45) is 5.92 Å². The van der Waals surface area contributed by atoms with Gasteiger partial charge in [-0.25, -0.2) is 0 Å². The highest BCUT2D eigenvalue weighted by Gasteiger charge is 2.02. The molecular formula is C15H24ClN. The van der Waals surface area contributed by atoms with Crippen molar-refractivity contribution < 1.29 is 0 Å². The Kier molecular flexibility index (Phi) is 6.61. The standard InChI is InChI=1S/C15H24ClN/c1-12(2)5-4-6-13(3)17-11-14-7-9-15(16)10-8-14/h7-10,12-13,17H,4-6,11H2,1-3H3. The van der Waals surface area contributed by atoms with Crippen LogP contribution in [0, 0.1) is 5.92 Å². The summed E-state index contributed by atoms with van der Waals surface area (Å²) in [5.41, 5.74) is 1.30. The average Bonchev–Trinajstić information content (AvgIpc) is 2.28. The molecule has 1 N–H and O–H groups in total. The summed E-state index contributed by atoms with van der Waals surface area (Å²) >= 11 is 5.85. The number of halogens is 1. The van der Waals surface area contributed by atoms with Gasteiger partial charge < -0.3 is 5.32 Å². The molecule has 0 aliphatic heterocycles. The first kappa shape index (κ1) is 14.5. The van der Waals surface area contributed by atoms with Crippen LogP contribution in [0.1, 0.15) is 45.6 Å². The van der Waals surface area contributed by atoms with Crippen molar-refractivity contribution in [2.75, 3.05) is 0 Å². The first-order valence-corrected chi connectivity index (χ1v) is 6.93. The first-order valence-electron chi connectivity index (χ1n) is 6.55. The van der Waals surface area contributed by atoms with E-state index in [9.17, 15) is 0 Å². The zero-order chi connectivity index (χ0) is 12.7. The molecule has 0 spiro atoms. The van der Waals surface area contributed by atoms with E-state index in [1.807, 2.05) is 12.1 Å². The normalized spacial score (nSPS) is 13.0. The van der Waals surface area contributed by atoms with Gasteiger partial charge in [-0.1, -0.05) is 50.4 Å². The fourth-order valence-corrected chi connectivity index (χ4v) is 1.95. The summed E-state index contributed by atoms with van der Waals surface area (Å²) in [6, 6.07) is 8.64. The average molecular weight is 254 g/mol. The molecule has 0 heterocycles. The minimum Gasteiger partial charge on any atom is -0.310 e. The van der Waals surface area contributed by atoms with E-state index in [1.54, 1.807) is 0 Å². The van der Waals surface area contributed by atoms with E-state index in [1.165, 1.54) is 24.8 Å². The summed E-state index contributed by atoms with van der Waals surface area (Å²) in [4.78, 5) is 0. The molecule has 0 amide bonds. The third-order valence-corrected chi connectivity index (χ3v) is 3.24. The molecule has 2 heteroatoms. The molecular weight excluding hydrogens is 230 g/mol. The van der Waals surface area contributed by atoms with Crippen LogP contribution in [0.5, 0.6) is 0 Å². The number of hydrogen-bond donors (Lipinski definition) is 1. The Bertz CT molecular complexity index is 305. The van der Waals surface area contributed by atoms with Gasteiger partial charge in [0.2, 0.25) is 0 Å². The van der Waals surface area contributed by atoms with Crippen LogP contribution in [0.25, 0.3) is 0 Å². The SMILES string of the molecule is CC(C)CCCC(C)NCc1ccc(Cl)cc1. The molecule has 96 valence electrons. The minimum atomic E-state index is 0.587. The lowest BCUT2D eigenvalue weighted by atomic mass is 10.0. The van der Waals surface area contributed by atoms with Crippen LogP contribution >= 0.6 is 11.6 Å². The Balaban J connectivity index is 2.19. The van der Waals surface area contributed by atoms with Crippen molar-refractivity contribution in [1.82, 2.24) is 5.32 Å². The van der Waals surface area contributed by atoms with Crippen LogP contribution in [0.3, 0.4) is 0 Å². The van der Waals surface area contributed by atoms with E-state index in [0.717, 1.165) is 17.5 Å². The molecule has 17 heavy (non-hydrogen) atoms. The highest BCUT2D eigenvalue weighted by Crippen LogP contribution is 2.11. The second-order valence-electron chi connectivity index (χ2n) is 5.23. The van der Waals surface area contributed by atoms with E-state index in [-0.39, 0.29) is 0 Å². The number of hydrogen-bond acceptors (Lipinski definition) is 1. The van der Waals surface area contributed by atoms with Crippen LogP contribution in [-0.2, 0) is 6.54 Å². The van der Waals surface area contributed by atoms with Crippen molar-refractivity contribution in [3.8, 4) is 0 Å². The van der Waals surface area contributed by atoms with Gasteiger partial charge in [-0.05, 0) is 37.0 Å². The van der Waals surface area contributed by atoms with Crippen LogP contribution in [0.4, 0.5) is 0 Å². The fourth-order valence-electron chi connectivity index (χ4n) is 1.83. The molecule has 0 saturated carbocycles. The van der Waals surface area contributed by atoms with Gasteiger partial charge in [0, 0.05) is 17.6 Å². The van der Waals surface area contributed by atoms with Crippen LogP contribution in [0.15, 0.2) is 24.3 Å². The fraction of sp³-hybridized carbons (Fsp3) is 0.600. The third kappa shape index (κ3) is 6.70. The maximum Gasteiger partial charge on any atom is 0.0406 e. The molecule has 0 bridgehead atoms. The number of benzene rings is 1. The summed E-state index contributed by atoms with van der Waals surface area (Å²) in [5, 5.41) is 4.35. The van der Waals surface area contributed by atoms with E-state index in [0.29, 0.717) is 6.04 Å². The summed E-state index contributed by atoms with van der Waals surface area (Å²) in [6.07, 6.45) is 3.89. The van der Waals surface area contributed by atoms with Gasteiger partial charge in [0.25, 0.3) is 0 Å². The van der Waals surface area contributed by atoms with Gasteiger partial charge in [-0.15, -0.1) is 0 Å². The topological polar surface area (TPSA) is 12.0 Å². The predicted octanol–water partition coefficient (Wildman–Crippen LogP) is 4.64. The molecule has 1 aromatic rings. The molecule has 0 radical (unpaired) electrons. The van der Waals surface area contributed by atoms with Gasteiger partial charge in [-0.3, -0.25) is 0 Å².